The Morgan fingerprint density at radius 1 is 1.00 bits per heavy atom. The van der Waals surface area contributed by atoms with E-state index >= 15 is 0 Å². The molecule has 3 aromatic rings. The number of anilines is 2. The highest BCUT2D eigenvalue weighted by Gasteiger charge is 2.27. The van der Waals surface area contributed by atoms with Crippen LogP contribution in [0.5, 0.6) is 5.75 Å². The molecule has 2 saturated heterocycles. The van der Waals surface area contributed by atoms with Crippen LogP contribution in [0.1, 0.15) is 35.5 Å². The molecule has 0 saturated carbocycles. The van der Waals surface area contributed by atoms with E-state index in [4.69, 9.17) is 21.3 Å². The molecule has 3 heterocycles. The number of hydrogen-bond acceptors (Lipinski definition) is 8. The molecule has 226 valence electrons. The third-order valence-corrected chi connectivity index (χ3v) is 10.1. The van der Waals surface area contributed by atoms with Gasteiger partial charge in [0.1, 0.15) is 11.6 Å². The summed E-state index contributed by atoms with van der Waals surface area (Å²) in [7, 11) is 2.04. The third kappa shape index (κ3) is 7.16. The van der Waals surface area contributed by atoms with Gasteiger partial charge in [0, 0.05) is 88.7 Å². The van der Waals surface area contributed by atoms with Gasteiger partial charge >= 0.3 is 0 Å². The molecule has 0 N–H and O–H groups in total. The second kappa shape index (κ2) is 13.2. The molecular formula is C31H41ClN6O3S. The fourth-order valence-electron chi connectivity index (χ4n) is 5.90. The van der Waals surface area contributed by atoms with E-state index in [1.165, 1.54) is 42.2 Å². The number of benzene rings is 2. The highest BCUT2D eigenvalue weighted by atomic mass is 35.5. The zero-order valence-corrected chi connectivity index (χ0v) is 26.5. The summed E-state index contributed by atoms with van der Waals surface area (Å²) in [6.45, 7) is 6.74. The highest BCUT2D eigenvalue weighted by molar-refractivity contribution is 7.92. The van der Waals surface area contributed by atoms with E-state index in [2.05, 4.69) is 44.9 Å². The first kappa shape index (κ1) is 30.5. The Bertz CT molecular complexity index is 1490. The van der Waals surface area contributed by atoms with Crippen molar-refractivity contribution in [3.8, 4) is 5.75 Å². The van der Waals surface area contributed by atoms with Crippen LogP contribution < -0.4 is 13.9 Å². The first-order valence-corrected chi connectivity index (χ1v) is 16.7. The first-order chi connectivity index (χ1) is 20.1. The van der Waals surface area contributed by atoms with Crippen LogP contribution in [0.2, 0.25) is 5.02 Å². The molecule has 0 bridgehead atoms. The van der Waals surface area contributed by atoms with Gasteiger partial charge in [0.2, 0.25) is 10.0 Å². The van der Waals surface area contributed by atoms with Crippen molar-refractivity contribution in [3.05, 3.63) is 76.3 Å². The SMILES string of the molecule is COc1cc(N2CCC(N3CCN(C)CC3)CC2)ccc1Cc1ncc(Cl)c(Cc2ccccc2N(C)S(C)(=O)=O)n1. The first-order valence-electron chi connectivity index (χ1n) is 14.5. The number of hydrogen-bond donors (Lipinski definition) is 0. The van der Waals surface area contributed by atoms with Crippen molar-refractivity contribution in [1.29, 1.82) is 0 Å². The lowest BCUT2D eigenvalue weighted by molar-refractivity contribution is 0.0982. The molecule has 2 aliphatic heterocycles. The predicted molar refractivity (Wildman–Crippen MR) is 170 cm³/mol. The molecule has 1 aromatic heterocycles. The average molecular weight is 613 g/mol. The number of sulfonamides is 1. The lowest BCUT2D eigenvalue weighted by atomic mass is 10.0. The van der Waals surface area contributed by atoms with E-state index in [-0.39, 0.29) is 0 Å². The minimum atomic E-state index is -3.41. The maximum absolute atomic E-state index is 12.2. The van der Waals surface area contributed by atoms with Gasteiger partial charge in [-0.25, -0.2) is 18.4 Å². The average Bonchev–Trinajstić information content (AvgIpc) is 2.99. The van der Waals surface area contributed by atoms with Crippen molar-refractivity contribution in [3.63, 3.8) is 0 Å². The van der Waals surface area contributed by atoms with Crippen LogP contribution in [0, 0.1) is 0 Å². The van der Waals surface area contributed by atoms with Crippen LogP contribution in [-0.4, -0.2) is 101 Å². The van der Waals surface area contributed by atoms with E-state index < -0.39 is 10.0 Å². The molecule has 0 radical (unpaired) electrons. The van der Waals surface area contributed by atoms with Crippen molar-refractivity contribution in [1.82, 2.24) is 19.8 Å². The summed E-state index contributed by atoms with van der Waals surface area (Å²) in [5.74, 6) is 1.44. The predicted octanol–water partition coefficient (Wildman–Crippen LogP) is 3.93. The number of piperidine rings is 1. The Balaban J connectivity index is 1.28. The zero-order valence-electron chi connectivity index (χ0n) is 25.0. The van der Waals surface area contributed by atoms with Crippen LogP contribution in [0.15, 0.2) is 48.7 Å². The highest BCUT2D eigenvalue weighted by Crippen LogP contribution is 2.31. The molecule has 0 aliphatic carbocycles. The summed E-state index contributed by atoms with van der Waals surface area (Å²) in [6.07, 6.45) is 6.04. The van der Waals surface area contributed by atoms with Gasteiger partial charge in [-0.1, -0.05) is 35.9 Å². The van der Waals surface area contributed by atoms with Crippen LogP contribution in [0.4, 0.5) is 11.4 Å². The standard InChI is InChI=1S/C31H41ClN6O3S/c1-35-15-17-38(18-16-35)25-11-13-37(14-12-25)26-10-9-24(30(21-26)41-3)20-31-33-22-27(32)28(34-31)19-23-7-5-6-8-29(23)36(2)42(4,39)40/h5-10,21-22,25H,11-20H2,1-4H3. The van der Waals surface area contributed by atoms with Crippen molar-refractivity contribution < 1.29 is 13.2 Å². The molecule has 0 amide bonds. The Morgan fingerprint density at radius 2 is 1.71 bits per heavy atom. The molecule has 0 atom stereocenters. The summed E-state index contributed by atoms with van der Waals surface area (Å²) in [4.78, 5) is 16.8. The summed E-state index contributed by atoms with van der Waals surface area (Å²) in [5, 5.41) is 0.442. The molecule has 11 heteroatoms. The Kier molecular flexibility index (Phi) is 9.57. The molecule has 0 unspecified atom stereocenters. The van der Waals surface area contributed by atoms with Crippen LogP contribution in [0.25, 0.3) is 0 Å². The number of nitrogens with zero attached hydrogens (tertiary/aromatic N) is 6. The fourth-order valence-corrected chi connectivity index (χ4v) is 6.60. The summed E-state index contributed by atoms with van der Waals surface area (Å²) < 4.78 is 31.5. The smallest absolute Gasteiger partial charge is 0.232 e. The fraction of sp³-hybridized carbons (Fsp3) is 0.484. The van der Waals surface area contributed by atoms with Gasteiger partial charge in [0.05, 0.1) is 29.8 Å². The van der Waals surface area contributed by atoms with E-state index in [1.54, 1.807) is 26.4 Å². The van der Waals surface area contributed by atoms with Gasteiger partial charge in [0.25, 0.3) is 0 Å². The quantitative estimate of drug-likeness (QED) is 0.360. The van der Waals surface area contributed by atoms with Crippen LogP contribution >= 0.6 is 11.6 Å². The number of halogens is 1. The normalized spacial score (nSPS) is 17.4. The van der Waals surface area contributed by atoms with Gasteiger partial charge < -0.3 is 14.5 Å². The van der Waals surface area contributed by atoms with Gasteiger partial charge in [0.15, 0.2) is 0 Å². The van der Waals surface area contributed by atoms with Crippen LogP contribution in [0.3, 0.4) is 0 Å². The van der Waals surface area contributed by atoms with Gasteiger partial charge in [-0.05, 0) is 37.6 Å². The molecule has 2 aromatic carbocycles. The number of aromatic nitrogens is 2. The zero-order chi connectivity index (χ0) is 29.9. The maximum Gasteiger partial charge on any atom is 0.232 e. The number of piperazine rings is 1. The molecule has 42 heavy (non-hydrogen) atoms. The van der Waals surface area contributed by atoms with E-state index in [9.17, 15) is 8.42 Å². The molecule has 2 aliphatic rings. The van der Waals surface area contributed by atoms with Gasteiger partial charge in [-0.2, -0.15) is 0 Å². The van der Waals surface area contributed by atoms with Crippen molar-refractivity contribution >= 4 is 33.0 Å². The Labute approximate surface area is 255 Å². The number of rotatable bonds is 9. The van der Waals surface area contributed by atoms with Gasteiger partial charge in [-0.3, -0.25) is 9.21 Å². The summed E-state index contributed by atoms with van der Waals surface area (Å²) in [6, 6.07) is 14.5. The summed E-state index contributed by atoms with van der Waals surface area (Å²) >= 11 is 6.51. The third-order valence-electron chi connectivity index (χ3n) is 8.56. The number of para-hydroxylation sites is 1. The lowest BCUT2D eigenvalue weighted by Gasteiger charge is -2.42. The minimum absolute atomic E-state index is 0.380. The van der Waals surface area contributed by atoms with Crippen molar-refractivity contribution in [2.24, 2.45) is 0 Å². The van der Waals surface area contributed by atoms with Crippen LogP contribution in [-0.2, 0) is 22.9 Å². The second-order valence-electron chi connectivity index (χ2n) is 11.3. The van der Waals surface area contributed by atoms with Crippen molar-refractivity contribution in [2.75, 3.05) is 75.9 Å². The molecule has 0 spiro atoms. The number of ether oxygens (including phenoxy) is 1. The molecule has 2 fully saturated rings. The number of likely N-dealkylation sites (N-methyl/N-ethyl adjacent to an activating group) is 1. The monoisotopic (exact) mass is 612 g/mol. The largest absolute Gasteiger partial charge is 0.496 e. The van der Waals surface area contributed by atoms with E-state index in [1.807, 2.05) is 18.2 Å². The molecule has 9 nitrogen and oxygen atoms in total. The van der Waals surface area contributed by atoms with Crippen molar-refractivity contribution in [2.45, 2.75) is 31.7 Å². The van der Waals surface area contributed by atoms with E-state index in [0.717, 1.165) is 43.1 Å². The topological polar surface area (TPSA) is 82.1 Å². The Hall–Kier alpha value is -2.92. The Morgan fingerprint density at radius 3 is 2.40 bits per heavy atom. The lowest BCUT2D eigenvalue weighted by Crippen LogP contribution is -2.52. The maximum atomic E-state index is 12.2. The number of methoxy groups -OCH3 is 1. The van der Waals surface area contributed by atoms with Gasteiger partial charge in [-0.15, -0.1) is 0 Å². The second-order valence-corrected chi connectivity index (χ2v) is 13.8. The van der Waals surface area contributed by atoms with E-state index in [0.29, 0.717) is 41.1 Å². The minimum Gasteiger partial charge on any atom is -0.496 e. The molecular weight excluding hydrogens is 572 g/mol. The molecule has 5 rings (SSSR count). The summed E-state index contributed by atoms with van der Waals surface area (Å²) in [5.41, 5.74) is 4.24.